The van der Waals surface area contributed by atoms with Crippen LogP contribution in [-0.4, -0.2) is 4.98 Å². The van der Waals surface area contributed by atoms with Gasteiger partial charge < -0.3 is 0 Å². The smallest absolute Gasteiger partial charge is 0.0971 e. The molecule has 0 amide bonds. The largest absolute Gasteiger partial charge is 0.241 e. The van der Waals surface area contributed by atoms with Gasteiger partial charge in [-0.25, -0.2) is 4.98 Å². The average molecular weight is 322 g/mol. The molecule has 1 aromatic carbocycles. The number of rotatable bonds is 2. The lowest BCUT2D eigenvalue weighted by molar-refractivity contribution is 0.620. The molecule has 1 atom stereocenters. The van der Waals surface area contributed by atoms with E-state index in [1.54, 1.807) is 0 Å². The number of hydrogen-bond acceptors (Lipinski definition) is 2. The van der Waals surface area contributed by atoms with Crippen molar-refractivity contribution < 1.29 is 0 Å². The quantitative estimate of drug-likeness (QED) is 0.722. The molecular weight excluding hydrogens is 306 g/mol. The van der Waals surface area contributed by atoms with Crippen molar-refractivity contribution in [1.82, 2.24) is 4.98 Å². The van der Waals surface area contributed by atoms with E-state index in [4.69, 9.17) is 4.98 Å². The van der Waals surface area contributed by atoms with Crippen LogP contribution >= 0.6 is 27.3 Å². The van der Waals surface area contributed by atoms with Gasteiger partial charge in [0.15, 0.2) is 0 Å². The van der Waals surface area contributed by atoms with Crippen molar-refractivity contribution in [3.63, 3.8) is 0 Å². The molecule has 94 valence electrons. The van der Waals surface area contributed by atoms with Gasteiger partial charge in [-0.3, -0.25) is 0 Å². The Bertz CT molecular complexity index is 600. The minimum absolute atomic E-state index is 0.457. The monoisotopic (exact) mass is 321 g/mol. The molecule has 1 aromatic heterocycles. The van der Waals surface area contributed by atoms with Crippen LogP contribution in [0.3, 0.4) is 0 Å². The SMILES string of the molecule is Cc1sc(C2CC2(C)C)nc1-c1cccc(Br)c1. The molecule has 1 saturated carbocycles. The highest BCUT2D eigenvalue weighted by Crippen LogP contribution is 2.59. The second kappa shape index (κ2) is 4.17. The van der Waals surface area contributed by atoms with Crippen LogP contribution in [0.1, 0.15) is 36.1 Å². The minimum Gasteiger partial charge on any atom is -0.241 e. The summed E-state index contributed by atoms with van der Waals surface area (Å²) in [5, 5.41) is 1.31. The van der Waals surface area contributed by atoms with Gasteiger partial charge in [0.2, 0.25) is 0 Å². The highest BCUT2D eigenvalue weighted by Gasteiger charge is 2.48. The Morgan fingerprint density at radius 3 is 2.72 bits per heavy atom. The minimum atomic E-state index is 0.457. The first kappa shape index (κ1) is 12.4. The Hall–Kier alpha value is -0.670. The number of aryl methyl sites for hydroxylation is 1. The molecule has 18 heavy (non-hydrogen) atoms. The summed E-state index contributed by atoms with van der Waals surface area (Å²) in [4.78, 5) is 6.20. The molecular formula is C15H16BrNS. The van der Waals surface area contributed by atoms with Gasteiger partial charge in [-0.1, -0.05) is 41.9 Å². The molecule has 1 heterocycles. The van der Waals surface area contributed by atoms with E-state index < -0.39 is 0 Å². The van der Waals surface area contributed by atoms with Crippen LogP contribution < -0.4 is 0 Å². The maximum absolute atomic E-state index is 4.88. The number of hydrogen-bond donors (Lipinski definition) is 0. The molecule has 1 aliphatic carbocycles. The fourth-order valence-corrected chi connectivity index (χ4v) is 4.01. The predicted octanol–water partition coefficient (Wildman–Crippen LogP) is 5.39. The van der Waals surface area contributed by atoms with Crippen LogP contribution in [0.4, 0.5) is 0 Å². The van der Waals surface area contributed by atoms with Gasteiger partial charge in [0.05, 0.1) is 10.7 Å². The lowest BCUT2D eigenvalue weighted by Gasteiger charge is -2.00. The van der Waals surface area contributed by atoms with E-state index in [2.05, 4.69) is 61.0 Å². The summed E-state index contributed by atoms with van der Waals surface area (Å²) in [5.41, 5.74) is 2.82. The molecule has 1 fully saturated rings. The van der Waals surface area contributed by atoms with Crippen molar-refractivity contribution in [1.29, 1.82) is 0 Å². The van der Waals surface area contributed by atoms with Crippen LogP contribution in [-0.2, 0) is 0 Å². The van der Waals surface area contributed by atoms with E-state index in [0.29, 0.717) is 11.3 Å². The van der Waals surface area contributed by atoms with Gasteiger partial charge >= 0.3 is 0 Å². The van der Waals surface area contributed by atoms with Gasteiger partial charge in [0, 0.05) is 20.8 Å². The molecule has 0 spiro atoms. The molecule has 2 aromatic rings. The van der Waals surface area contributed by atoms with Crippen molar-refractivity contribution in [2.45, 2.75) is 33.1 Å². The zero-order chi connectivity index (χ0) is 12.9. The first-order valence-corrected chi connectivity index (χ1v) is 7.81. The topological polar surface area (TPSA) is 12.9 Å². The molecule has 0 N–H and O–H groups in total. The number of nitrogens with zero attached hydrogens (tertiary/aromatic N) is 1. The first-order chi connectivity index (χ1) is 8.47. The van der Waals surface area contributed by atoms with Crippen molar-refractivity contribution >= 4 is 27.3 Å². The second-order valence-electron chi connectivity index (χ2n) is 5.71. The van der Waals surface area contributed by atoms with E-state index in [1.165, 1.54) is 21.9 Å². The Labute approximate surface area is 120 Å². The Morgan fingerprint density at radius 1 is 1.39 bits per heavy atom. The van der Waals surface area contributed by atoms with Crippen molar-refractivity contribution in [2.24, 2.45) is 5.41 Å². The number of halogens is 1. The summed E-state index contributed by atoms with van der Waals surface area (Å²) < 4.78 is 1.11. The molecule has 1 aliphatic rings. The van der Waals surface area contributed by atoms with Crippen LogP contribution in [0.5, 0.6) is 0 Å². The molecule has 3 rings (SSSR count). The zero-order valence-corrected chi connectivity index (χ0v) is 13.2. The standard InChI is InChI=1S/C15H16BrNS/c1-9-13(10-5-4-6-11(16)7-10)17-14(18-9)12-8-15(12,2)3/h4-7,12H,8H2,1-3H3. The fraction of sp³-hybridized carbons (Fsp3) is 0.400. The summed E-state index contributed by atoms with van der Waals surface area (Å²) in [7, 11) is 0. The van der Waals surface area contributed by atoms with Crippen LogP contribution in [0, 0.1) is 12.3 Å². The normalized spacial score (nSPS) is 21.0. The maximum atomic E-state index is 4.88. The summed E-state index contributed by atoms with van der Waals surface area (Å²) >= 11 is 5.39. The van der Waals surface area contributed by atoms with Crippen LogP contribution in [0.15, 0.2) is 28.7 Å². The highest BCUT2D eigenvalue weighted by molar-refractivity contribution is 9.10. The predicted molar refractivity (Wildman–Crippen MR) is 81.1 cm³/mol. The zero-order valence-electron chi connectivity index (χ0n) is 10.8. The van der Waals surface area contributed by atoms with Gasteiger partial charge in [-0.05, 0) is 30.9 Å². The summed E-state index contributed by atoms with van der Waals surface area (Å²) in [5.74, 6) is 0.669. The van der Waals surface area contributed by atoms with E-state index in [9.17, 15) is 0 Å². The van der Waals surface area contributed by atoms with Gasteiger partial charge in [-0.2, -0.15) is 0 Å². The lowest BCUT2D eigenvalue weighted by Crippen LogP contribution is -1.89. The van der Waals surface area contributed by atoms with Crippen LogP contribution in [0.25, 0.3) is 11.3 Å². The maximum Gasteiger partial charge on any atom is 0.0971 e. The molecule has 0 aliphatic heterocycles. The molecule has 3 heteroatoms. The molecule has 0 radical (unpaired) electrons. The lowest BCUT2D eigenvalue weighted by atomic mass is 10.1. The fourth-order valence-electron chi connectivity index (χ4n) is 2.36. The highest BCUT2D eigenvalue weighted by atomic mass is 79.9. The number of thiazole rings is 1. The number of aromatic nitrogens is 1. The van der Waals surface area contributed by atoms with Crippen molar-refractivity contribution in [2.75, 3.05) is 0 Å². The van der Waals surface area contributed by atoms with Gasteiger partial charge in [-0.15, -0.1) is 11.3 Å². The van der Waals surface area contributed by atoms with Crippen LogP contribution in [0.2, 0.25) is 0 Å². The molecule has 0 saturated heterocycles. The number of benzene rings is 1. The molecule has 0 bridgehead atoms. The molecule has 1 nitrogen and oxygen atoms in total. The first-order valence-electron chi connectivity index (χ1n) is 6.20. The van der Waals surface area contributed by atoms with E-state index >= 15 is 0 Å². The van der Waals surface area contributed by atoms with E-state index in [1.807, 2.05) is 11.3 Å². The van der Waals surface area contributed by atoms with Crippen molar-refractivity contribution in [3.05, 3.63) is 38.6 Å². The summed E-state index contributed by atoms with van der Waals surface area (Å²) in [6.07, 6.45) is 1.28. The van der Waals surface area contributed by atoms with Gasteiger partial charge in [0.25, 0.3) is 0 Å². The average Bonchev–Trinajstić information content (AvgIpc) is 2.77. The second-order valence-corrected chi connectivity index (χ2v) is 7.86. The third-order valence-corrected chi connectivity index (χ3v) is 5.30. The van der Waals surface area contributed by atoms with Crippen molar-refractivity contribution in [3.8, 4) is 11.3 Å². The summed E-state index contributed by atoms with van der Waals surface area (Å²) in [6.45, 7) is 6.83. The Balaban J connectivity index is 1.99. The Morgan fingerprint density at radius 2 is 2.11 bits per heavy atom. The third kappa shape index (κ3) is 2.14. The van der Waals surface area contributed by atoms with E-state index in [-0.39, 0.29) is 0 Å². The summed E-state index contributed by atoms with van der Waals surface area (Å²) in [6, 6.07) is 8.40. The molecule has 1 unspecified atom stereocenters. The van der Waals surface area contributed by atoms with E-state index in [0.717, 1.165) is 10.2 Å². The van der Waals surface area contributed by atoms with Gasteiger partial charge in [0.1, 0.15) is 0 Å². The Kier molecular flexibility index (Phi) is 2.87. The third-order valence-electron chi connectivity index (χ3n) is 3.72.